The highest BCUT2D eigenvalue weighted by Gasteiger charge is 2.45. The number of amides is 1. The largest absolute Gasteiger partial charge is 0.350 e. The number of rotatable bonds is 6. The lowest BCUT2D eigenvalue weighted by molar-refractivity contribution is 0.0931. The Morgan fingerprint density at radius 1 is 1.48 bits per heavy atom. The maximum atomic E-state index is 12.2. The van der Waals surface area contributed by atoms with Crippen molar-refractivity contribution in [3.63, 3.8) is 0 Å². The van der Waals surface area contributed by atoms with E-state index in [1.807, 2.05) is 0 Å². The second-order valence-corrected chi connectivity index (χ2v) is 7.48. The molecule has 1 aromatic heterocycles. The molecule has 0 saturated heterocycles. The van der Waals surface area contributed by atoms with Crippen molar-refractivity contribution in [1.29, 1.82) is 0 Å². The molecule has 1 aliphatic carbocycles. The smallest absolute Gasteiger partial charge is 0.273 e. The van der Waals surface area contributed by atoms with Crippen LogP contribution in [0.4, 0.5) is 0 Å². The van der Waals surface area contributed by atoms with Gasteiger partial charge in [-0.25, -0.2) is 13.6 Å². The maximum Gasteiger partial charge on any atom is 0.273 e. The average molecular weight is 314 g/mol. The van der Waals surface area contributed by atoms with E-state index in [2.05, 4.69) is 29.4 Å². The SMILES string of the molecule is CCc1[nH]nc(C(=O)NCC2(C(C)C)CC2)c1S(N)(=O)=O. The molecule has 0 aliphatic heterocycles. The van der Waals surface area contributed by atoms with Gasteiger partial charge < -0.3 is 5.32 Å². The molecule has 0 unspecified atom stereocenters. The van der Waals surface area contributed by atoms with Crippen LogP contribution in [0, 0.1) is 11.3 Å². The molecule has 1 aromatic rings. The highest BCUT2D eigenvalue weighted by molar-refractivity contribution is 7.89. The Labute approximate surface area is 124 Å². The van der Waals surface area contributed by atoms with Gasteiger partial charge in [0.1, 0.15) is 4.90 Å². The maximum absolute atomic E-state index is 12.2. The van der Waals surface area contributed by atoms with E-state index >= 15 is 0 Å². The number of sulfonamides is 1. The van der Waals surface area contributed by atoms with E-state index in [0.717, 1.165) is 12.8 Å². The minimum Gasteiger partial charge on any atom is -0.350 e. The Kier molecular flexibility index (Phi) is 4.12. The van der Waals surface area contributed by atoms with Gasteiger partial charge in [0.05, 0.1) is 5.69 Å². The van der Waals surface area contributed by atoms with Gasteiger partial charge in [0.2, 0.25) is 10.0 Å². The fraction of sp³-hybridized carbons (Fsp3) is 0.692. The number of H-pyrrole nitrogens is 1. The standard InChI is InChI=1S/C13H22N4O3S/c1-4-9-11(21(14,19)20)10(17-16-9)12(18)15-7-13(5-6-13)8(2)3/h8H,4-7H2,1-3H3,(H,15,18)(H,16,17)(H2,14,19,20). The van der Waals surface area contributed by atoms with Crippen molar-refractivity contribution in [2.75, 3.05) is 6.54 Å². The van der Waals surface area contributed by atoms with Gasteiger partial charge >= 0.3 is 0 Å². The molecule has 118 valence electrons. The fourth-order valence-corrected chi connectivity index (χ4v) is 3.47. The number of nitrogens with zero attached hydrogens (tertiary/aromatic N) is 1. The summed E-state index contributed by atoms with van der Waals surface area (Å²) in [7, 11) is -3.99. The van der Waals surface area contributed by atoms with Crippen LogP contribution < -0.4 is 10.5 Å². The Balaban J connectivity index is 2.19. The van der Waals surface area contributed by atoms with Crippen molar-refractivity contribution in [3.05, 3.63) is 11.4 Å². The quantitative estimate of drug-likeness (QED) is 0.719. The van der Waals surface area contributed by atoms with Gasteiger partial charge in [-0.05, 0) is 30.6 Å². The van der Waals surface area contributed by atoms with Gasteiger partial charge in [-0.2, -0.15) is 5.10 Å². The van der Waals surface area contributed by atoms with Crippen molar-refractivity contribution in [1.82, 2.24) is 15.5 Å². The lowest BCUT2D eigenvalue weighted by atomic mass is 9.92. The second-order valence-electron chi connectivity index (χ2n) is 5.98. The number of aromatic nitrogens is 2. The first-order chi connectivity index (χ1) is 9.71. The Morgan fingerprint density at radius 3 is 2.52 bits per heavy atom. The molecule has 0 aromatic carbocycles. The first-order valence-corrected chi connectivity index (χ1v) is 8.64. The number of hydrogen-bond donors (Lipinski definition) is 3. The molecular formula is C13H22N4O3S. The number of aromatic amines is 1. The molecule has 0 radical (unpaired) electrons. The summed E-state index contributed by atoms with van der Waals surface area (Å²) in [5, 5.41) is 14.4. The van der Waals surface area contributed by atoms with E-state index in [4.69, 9.17) is 5.14 Å². The summed E-state index contributed by atoms with van der Waals surface area (Å²) in [6.07, 6.45) is 2.56. The predicted octanol–water partition coefficient (Wildman–Crippen LogP) is 0.785. The third-order valence-electron chi connectivity index (χ3n) is 4.36. The third kappa shape index (κ3) is 3.11. The zero-order valence-electron chi connectivity index (χ0n) is 12.6. The molecule has 0 bridgehead atoms. The lowest BCUT2D eigenvalue weighted by Gasteiger charge is -2.19. The van der Waals surface area contributed by atoms with Crippen LogP contribution in [0.3, 0.4) is 0 Å². The van der Waals surface area contributed by atoms with Crippen LogP contribution in [0.25, 0.3) is 0 Å². The minimum atomic E-state index is -3.99. The van der Waals surface area contributed by atoms with Gasteiger partial charge in [-0.15, -0.1) is 0 Å². The van der Waals surface area contributed by atoms with Gasteiger partial charge in [-0.3, -0.25) is 9.89 Å². The van der Waals surface area contributed by atoms with Gasteiger partial charge in [0.15, 0.2) is 5.69 Å². The van der Waals surface area contributed by atoms with Crippen molar-refractivity contribution in [3.8, 4) is 0 Å². The van der Waals surface area contributed by atoms with E-state index in [1.165, 1.54) is 0 Å². The number of hydrogen-bond acceptors (Lipinski definition) is 4. The van der Waals surface area contributed by atoms with Crippen LogP contribution in [0.2, 0.25) is 0 Å². The van der Waals surface area contributed by atoms with Crippen molar-refractivity contribution >= 4 is 15.9 Å². The number of carbonyl (C=O) groups excluding carboxylic acids is 1. The molecule has 21 heavy (non-hydrogen) atoms. The van der Waals surface area contributed by atoms with Crippen LogP contribution in [-0.4, -0.2) is 31.1 Å². The van der Waals surface area contributed by atoms with Gasteiger partial charge in [0.25, 0.3) is 5.91 Å². The van der Waals surface area contributed by atoms with Crippen LogP contribution >= 0.6 is 0 Å². The average Bonchev–Trinajstić information content (AvgIpc) is 3.05. The first kappa shape index (κ1) is 16.0. The molecule has 2 rings (SSSR count). The monoisotopic (exact) mass is 314 g/mol. The van der Waals surface area contributed by atoms with Crippen molar-refractivity contribution in [2.45, 2.75) is 44.9 Å². The summed E-state index contributed by atoms with van der Waals surface area (Å²) in [5.41, 5.74) is 0.350. The summed E-state index contributed by atoms with van der Waals surface area (Å²) >= 11 is 0. The molecular weight excluding hydrogens is 292 g/mol. The third-order valence-corrected chi connectivity index (χ3v) is 5.37. The molecule has 8 heteroatoms. The summed E-state index contributed by atoms with van der Waals surface area (Å²) in [4.78, 5) is 12.0. The molecule has 1 heterocycles. The second kappa shape index (κ2) is 5.42. The summed E-state index contributed by atoms with van der Waals surface area (Å²) in [6.45, 7) is 6.54. The van der Waals surface area contributed by atoms with Crippen LogP contribution in [0.1, 0.15) is 49.8 Å². The molecule has 4 N–H and O–H groups in total. The molecule has 1 fully saturated rings. The summed E-state index contributed by atoms with van der Waals surface area (Å²) in [6, 6.07) is 0. The van der Waals surface area contributed by atoms with Gasteiger partial charge in [0, 0.05) is 6.54 Å². The van der Waals surface area contributed by atoms with Crippen molar-refractivity contribution in [2.24, 2.45) is 16.5 Å². The van der Waals surface area contributed by atoms with Crippen LogP contribution in [-0.2, 0) is 16.4 Å². The topological polar surface area (TPSA) is 118 Å². The molecule has 1 saturated carbocycles. The molecule has 7 nitrogen and oxygen atoms in total. The number of nitrogens with one attached hydrogen (secondary N) is 2. The molecule has 0 atom stereocenters. The van der Waals surface area contributed by atoms with Crippen LogP contribution in [0.15, 0.2) is 4.90 Å². The summed E-state index contributed by atoms with van der Waals surface area (Å²) < 4.78 is 23.3. The van der Waals surface area contributed by atoms with E-state index in [0.29, 0.717) is 24.6 Å². The molecule has 1 amide bonds. The number of aryl methyl sites for hydroxylation is 1. The Morgan fingerprint density at radius 2 is 2.10 bits per heavy atom. The van der Waals surface area contributed by atoms with E-state index in [9.17, 15) is 13.2 Å². The molecule has 1 aliphatic rings. The predicted molar refractivity (Wildman–Crippen MR) is 78.2 cm³/mol. The first-order valence-electron chi connectivity index (χ1n) is 7.09. The van der Waals surface area contributed by atoms with E-state index in [1.54, 1.807) is 6.92 Å². The zero-order valence-corrected chi connectivity index (χ0v) is 13.4. The van der Waals surface area contributed by atoms with E-state index < -0.39 is 15.9 Å². The number of carbonyl (C=O) groups is 1. The summed E-state index contributed by atoms with van der Waals surface area (Å²) in [5.74, 6) is -0.0252. The normalized spacial score (nSPS) is 17.0. The van der Waals surface area contributed by atoms with E-state index in [-0.39, 0.29) is 16.0 Å². The Bertz CT molecular complexity index is 644. The Hall–Kier alpha value is -1.41. The number of nitrogens with two attached hydrogens (primary N) is 1. The highest BCUT2D eigenvalue weighted by atomic mass is 32.2. The van der Waals surface area contributed by atoms with Crippen molar-refractivity contribution < 1.29 is 13.2 Å². The number of primary sulfonamides is 1. The molecule has 0 spiro atoms. The zero-order chi connectivity index (χ0) is 15.8. The minimum absolute atomic E-state index is 0.140. The van der Waals surface area contributed by atoms with Crippen LogP contribution in [0.5, 0.6) is 0 Å². The highest BCUT2D eigenvalue weighted by Crippen LogP contribution is 2.51. The van der Waals surface area contributed by atoms with Gasteiger partial charge in [-0.1, -0.05) is 20.8 Å². The fourth-order valence-electron chi connectivity index (χ4n) is 2.53. The lowest BCUT2D eigenvalue weighted by Crippen LogP contribution is -2.34.